The van der Waals surface area contributed by atoms with Crippen LogP contribution in [0, 0.1) is 0 Å². The van der Waals surface area contributed by atoms with E-state index in [-0.39, 0.29) is 12.0 Å². The normalized spacial score (nSPS) is 17.9. The number of carbonyl (C=O) groups excluding carboxylic acids is 1. The number of nitrogens with one attached hydrogen (secondary N) is 2. The minimum Gasteiger partial charge on any atom is -0.376 e. The molecule has 1 amide bonds. The third-order valence-corrected chi connectivity index (χ3v) is 3.73. The lowest BCUT2D eigenvalue weighted by atomic mass is 10.1. The van der Waals surface area contributed by atoms with Crippen molar-refractivity contribution in [2.75, 3.05) is 25.5 Å². The predicted molar refractivity (Wildman–Crippen MR) is 82.6 cm³/mol. The topological polar surface area (TPSA) is 63.2 Å². The number of ether oxygens (including phenoxy) is 1. The summed E-state index contributed by atoms with van der Waals surface area (Å²) in [5.74, 6) is 0.608. The second-order valence-corrected chi connectivity index (χ2v) is 5.17. The fraction of sp³-hybridized carbons (Fsp3) is 0.375. The highest BCUT2D eigenvalue weighted by atomic mass is 16.5. The van der Waals surface area contributed by atoms with Crippen LogP contribution in [0.3, 0.4) is 0 Å². The molecule has 5 nitrogen and oxygen atoms in total. The fourth-order valence-corrected chi connectivity index (χ4v) is 2.60. The molecular formula is C16H19N3O2. The van der Waals surface area contributed by atoms with Gasteiger partial charge in [0.2, 0.25) is 0 Å². The zero-order valence-electron chi connectivity index (χ0n) is 12.1. The molecular weight excluding hydrogens is 266 g/mol. The second-order valence-electron chi connectivity index (χ2n) is 5.17. The molecule has 1 fully saturated rings. The summed E-state index contributed by atoms with van der Waals surface area (Å²) in [6.07, 6.45) is 2.23. The van der Waals surface area contributed by atoms with Crippen molar-refractivity contribution < 1.29 is 9.53 Å². The van der Waals surface area contributed by atoms with Crippen LogP contribution in [0.2, 0.25) is 0 Å². The van der Waals surface area contributed by atoms with E-state index in [1.165, 1.54) is 0 Å². The molecule has 1 unspecified atom stereocenters. The first-order chi connectivity index (χ1) is 10.3. The van der Waals surface area contributed by atoms with Gasteiger partial charge in [0.15, 0.2) is 0 Å². The first-order valence-corrected chi connectivity index (χ1v) is 7.25. The van der Waals surface area contributed by atoms with E-state index >= 15 is 0 Å². The molecule has 1 aromatic heterocycles. The van der Waals surface area contributed by atoms with Gasteiger partial charge in [0.25, 0.3) is 5.91 Å². The van der Waals surface area contributed by atoms with Crippen molar-refractivity contribution in [1.29, 1.82) is 0 Å². The number of benzene rings is 1. The average Bonchev–Trinajstić information content (AvgIpc) is 3.05. The summed E-state index contributed by atoms with van der Waals surface area (Å²) < 4.78 is 5.53. The molecule has 1 saturated heterocycles. The number of rotatable bonds is 4. The molecule has 3 rings (SSSR count). The van der Waals surface area contributed by atoms with E-state index in [0.29, 0.717) is 17.9 Å². The van der Waals surface area contributed by atoms with E-state index < -0.39 is 0 Å². The smallest absolute Gasteiger partial charge is 0.252 e. The average molecular weight is 285 g/mol. The molecule has 0 aliphatic carbocycles. The molecule has 2 heterocycles. The van der Waals surface area contributed by atoms with Crippen LogP contribution in [0.25, 0.3) is 10.9 Å². The second kappa shape index (κ2) is 6.10. The molecule has 0 bridgehead atoms. The van der Waals surface area contributed by atoms with Gasteiger partial charge in [0, 0.05) is 25.6 Å². The number of aromatic nitrogens is 1. The highest BCUT2D eigenvalue weighted by Crippen LogP contribution is 2.20. The highest BCUT2D eigenvalue weighted by Gasteiger charge is 2.18. The van der Waals surface area contributed by atoms with Gasteiger partial charge in [0.1, 0.15) is 5.82 Å². The highest BCUT2D eigenvalue weighted by molar-refractivity contribution is 6.06. The minimum atomic E-state index is -0.0828. The molecule has 1 aromatic carbocycles. The number of hydrogen-bond donors (Lipinski definition) is 2. The Hall–Kier alpha value is -2.14. The van der Waals surface area contributed by atoms with Crippen LogP contribution in [0.5, 0.6) is 0 Å². The van der Waals surface area contributed by atoms with Crippen LogP contribution < -0.4 is 10.6 Å². The van der Waals surface area contributed by atoms with Gasteiger partial charge in [-0.15, -0.1) is 0 Å². The lowest BCUT2D eigenvalue weighted by Gasteiger charge is -2.13. The van der Waals surface area contributed by atoms with Gasteiger partial charge in [-0.3, -0.25) is 4.79 Å². The van der Waals surface area contributed by atoms with Crippen LogP contribution in [0.4, 0.5) is 5.82 Å². The predicted octanol–water partition coefficient (Wildman–Crippen LogP) is 2.19. The molecule has 0 radical (unpaired) electrons. The summed E-state index contributed by atoms with van der Waals surface area (Å²) in [6, 6.07) is 9.45. The van der Waals surface area contributed by atoms with Crippen LogP contribution >= 0.6 is 0 Å². The van der Waals surface area contributed by atoms with Crippen LogP contribution in [-0.4, -0.2) is 37.2 Å². The number of hydrogen-bond acceptors (Lipinski definition) is 4. The van der Waals surface area contributed by atoms with Gasteiger partial charge < -0.3 is 15.4 Å². The molecule has 21 heavy (non-hydrogen) atoms. The number of fused-ring (bicyclic) bond motifs is 1. The van der Waals surface area contributed by atoms with Crippen LogP contribution in [0.1, 0.15) is 23.2 Å². The van der Waals surface area contributed by atoms with Crippen molar-refractivity contribution >= 4 is 22.6 Å². The van der Waals surface area contributed by atoms with Gasteiger partial charge in [-0.1, -0.05) is 18.2 Å². The zero-order valence-corrected chi connectivity index (χ0v) is 12.1. The lowest BCUT2D eigenvalue weighted by molar-refractivity contribution is 0.0859. The maximum absolute atomic E-state index is 12.5. The van der Waals surface area contributed by atoms with Crippen molar-refractivity contribution in [3.05, 3.63) is 35.9 Å². The molecule has 1 aliphatic rings. The third-order valence-electron chi connectivity index (χ3n) is 3.73. The van der Waals surface area contributed by atoms with E-state index in [0.717, 1.165) is 30.4 Å². The summed E-state index contributed by atoms with van der Waals surface area (Å²) in [7, 11) is 1.80. The fourth-order valence-electron chi connectivity index (χ4n) is 2.60. The van der Waals surface area contributed by atoms with Crippen molar-refractivity contribution in [3.8, 4) is 0 Å². The van der Waals surface area contributed by atoms with Gasteiger partial charge >= 0.3 is 0 Å². The summed E-state index contributed by atoms with van der Waals surface area (Å²) in [5, 5.41) is 6.82. The van der Waals surface area contributed by atoms with Crippen molar-refractivity contribution in [2.24, 2.45) is 0 Å². The minimum absolute atomic E-state index is 0.0828. The van der Waals surface area contributed by atoms with Crippen molar-refractivity contribution in [2.45, 2.75) is 18.9 Å². The van der Waals surface area contributed by atoms with Crippen LogP contribution in [0.15, 0.2) is 30.3 Å². The first kappa shape index (κ1) is 13.8. The number of anilines is 1. The molecule has 5 heteroatoms. The van der Waals surface area contributed by atoms with Crippen molar-refractivity contribution in [3.63, 3.8) is 0 Å². The van der Waals surface area contributed by atoms with E-state index in [1.807, 2.05) is 24.3 Å². The number of nitrogens with zero attached hydrogens (tertiary/aromatic N) is 1. The summed E-state index contributed by atoms with van der Waals surface area (Å²) in [4.78, 5) is 16.9. The summed E-state index contributed by atoms with van der Waals surface area (Å²) in [6.45, 7) is 1.35. The molecule has 0 saturated carbocycles. The van der Waals surface area contributed by atoms with Gasteiger partial charge in [-0.2, -0.15) is 0 Å². The lowest BCUT2D eigenvalue weighted by Crippen LogP contribution is -2.32. The Morgan fingerprint density at radius 2 is 2.29 bits per heavy atom. The Morgan fingerprint density at radius 1 is 1.43 bits per heavy atom. The maximum atomic E-state index is 12.5. The van der Waals surface area contributed by atoms with Crippen molar-refractivity contribution in [1.82, 2.24) is 10.3 Å². The molecule has 1 aliphatic heterocycles. The quantitative estimate of drug-likeness (QED) is 0.904. The molecule has 2 N–H and O–H groups in total. The third kappa shape index (κ3) is 2.97. The summed E-state index contributed by atoms with van der Waals surface area (Å²) >= 11 is 0. The number of pyridine rings is 1. The zero-order chi connectivity index (χ0) is 14.7. The number of amides is 1. The Morgan fingerprint density at radius 3 is 3.05 bits per heavy atom. The first-order valence-electron chi connectivity index (χ1n) is 7.25. The number of carbonyl (C=O) groups is 1. The van der Waals surface area contributed by atoms with Gasteiger partial charge in [-0.05, 0) is 25.0 Å². The Kier molecular flexibility index (Phi) is 4.01. The summed E-state index contributed by atoms with van der Waals surface area (Å²) in [5.41, 5.74) is 1.45. The van der Waals surface area contributed by atoms with E-state index in [9.17, 15) is 4.79 Å². The Labute approximate surface area is 123 Å². The standard InChI is InChI=1S/C16H19N3O2/c1-17-15-9-13(12-6-2-3-7-14(12)19-15)16(20)18-10-11-5-4-8-21-11/h2-3,6-7,9,11H,4-5,8,10H2,1H3,(H,17,19)(H,18,20). The van der Waals surface area contributed by atoms with E-state index in [2.05, 4.69) is 15.6 Å². The molecule has 1 atom stereocenters. The Bertz CT molecular complexity index is 651. The molecule has 0 spiro atoms. The molecule has 2 aromatic rings. The van der Waals surface area contributed by atoms with Crippen LogP contribution in [-0.2, 0) is 4.74 Å². The van der Waals surface area contributed by atoms with Gasteiger partial charge in [0.05, 0.1) is 17.2 Å². The maximum Gasteiger partial charge on any atom is 0.252 e. The van der Waals surface area contributed by atoms with Gasteiger partial charge in [-0.25, -0.2) is 4.98 Å². The van der Waals surface area contributed by atoms with E-state index in [4.69, 9.17) is 4.74 Å². The Balaban J connectivity index is 1.85. The largest absolute Gasteiger partial charge is 0.376 e. The van der Waals surface area contributed by atoms with E-state index in [1.54, 1.807) is 13.1 Å². The monoisotopic (exact) mass is 285 g/mol. The molecule has 110 valence electrons. The SMILES string of the molecule is CNc1cc(C(=O)NCC2CCCO2)c2ccccc2n1. The number of para-hydroxylation sites is 1.